The van der Waals surface area contributed by atoms with Crippen LogP contribution >= 0.6 is 0 Å². The summed E-state index contributed by atoms with van der Waals surface area (Å²) in [6.45, 7) is 1.43. The molecule has 1 saturated heterocycles. The van der Waals surface area contributed by atoms with Gasteiger partial charge in [-0.1, -0.05) is 0 Å². The molecule has 0 bridgehead atoms. The number of hydrogen-bond acceptors (Lipinski definition) is 3. The highest BCUT2D eigenvalue weighted by atomic mass is 16.2. The first kappa shape index (κ1) is 13.9. The summed E-state index contributed by atoms with van der Waals surface area (Å²) >= 11 is 0. The summed E-state index contributed by atoms with van der Waals surface area (Å²) in [7, 11) is 3.51. The summed E-state index contributed by atoms with van der Waals surface area (Å²) in [5, 5.41) is 2.91. The summed E-state index contributed by atoms with van der Waals surface area (Å²) in [6.07, 6.45) is 5.10. The van der Waals surface area contributed by atoms with Crippen LogP contribution in [-0.2, 0) is 4.79 Å². The van der Waals surface area contributed by atoms with Gasteiger partial charge in [0.15, 0.2) is 0 Å². The molecule has 1 aromatic rings. The van der Waals surface area contributed by atoms with Crippen molar-refractivity contribution in [3.05, 3.63) is 24.5 Å². The topological polar surface area (TPSA) is 65.5 Å². The molecule has 112 valence electrons. The van der Waals surface area contributed by atoms with Gasteiger partial charge in [-0.25, -0.2) is 4.79 Å². The summed E-state index contributed by atoms with van der Waals surface area (Å²) in [6, 6.07) is 3.66. The maximum absolute atomic E-state index is 12.3. The quantitative estimate of drug-likeness (QED) is 0.895. The minimum absolute atomic E-state index is 0.00202. The number of aromatic nitrogens is 1. The Labute approximate surface area is 124 Å². The first-order chi connectivity index (χ1) is 10.0. The first-order valence-corrected chi connectivity index (χ1v) is 7.19. The van der Waals surface area contributed by atoms with Crippen molar-refractivity contribution >= 4 is 17.6 Å². The normalized spacial score (nSPS) is 26.8. The van der Waals surface area contributed by atoms with Gasteiger partial charge in [-0.3, -0.25) is 9.78 Å². The second-order valence-corrected chi connectivity index (χ2v) is 6.20. The Bertz CT molecular complexity index is 560. The van der Waals surface area contributed by atoms with Crippen molar-refractivity contribution in [1.82, 2.24) is 14.8 Å². The van der Waals surface area contributed by atoms with Crippen LogP contribution in [0.5, 0.6) is 0 Å². The van der Waals surface area contributed by atoms with E-state index in [0.29, 0.717) is 6.54 Å². The zero-order valence-electron chi connectivity index (χ0n) is 12.4. The van der Waals surface area contributed by atoms with Crippen molar-refractivity contribution in [3.8, 4) is 0 Å². The minimum atomic E-state index is -0.00202. The number of likely N-dealkylation sites (tertiary alicyclic amines) is 1. The Morgan fingerprint density at radius 3 is 2.95 bits per heavy atom. The number of carbonyl (C=O) groups is 2. The van der Waals surface area contributed by atoms with Gasteiger partial charge in [0.25, 0.3) is 0 Å². The van der Waals surface area contributed by atoms with E-state index in [4.69, 9.17) is 0 Å². The number of nitrogens with one attached hydrogen (secondary N) is 1. The van der Waals surface area contributed by atoms with Gasteiger partial charge in [0.1, 0.15) is 0 Å². The fourth-order valence-electron chi connectivity index (χ4n) is 3.18. The lowest BCUT2D eigenvalue weighted by Gasteiger charge is -2.21. The monoisotopic (exact) mass is 288 g/mol. The summed E-state index contributed by atoms with van der Waals surface area (Å²) in [4.78, 5) is 31.7. The Morgan fingerprint density at radius 2 is 2.29 bits per heavy atom. The van der Waals surface area contributed by atoms with Crippen LogP contribution in [0, 0.1) is 11.3 Å². The third-order valence-corrected chi connectivity index (χ3v) is 4.47. The lowest BCUT2D eigenvalue weighted by molar-refractivity contribution is -0.118. The van der Waals surface area contributed by atoms with Crippen LogP contribution in [0.2, 0.25) is 0 Å². The van der Waals surface area contributed by atoms with Crippen LogP contribution in [0.4, 0.5) is 10.5 Å². The van der Waals surface area contributed by atoms with Gasteiger partial charge in [-0.2, -0.15) is 0 Å². The largest absolute Gasteiger partial charge is 0.331 e. The highest BCUT2D eigenvalue weighted by Crippen LogP contribution is 2.58. The molecular formula is C15H20N4O2. The standard InChI is InChI=1S/C15H20N4O2/c1-18(2)14(21)19-7-5-15(10-19)8-12(15)13(20)17-11-4-3-6-16-9-11/h3-4,6,9,12H,5,7-8,10H2,1-2H3,(H,17,20). The van der Waals surface area contributed by atoms with Gasteiger partial charge in [0.05, 0.1) is 11.9 Å². The molecule has 2 aliphatic rings. The molecule has 1 aliphatic carbocycles. The molecule has 2 unspecified atom stereocenters. The summed E-state index contributed by atoms with van der Waals surface area (Å²) in [5.41, 5.74) is 0.724. The number of carbonyl (C=O) groups excluding carboxylic acids is 2. The maximum atomic E-state index is 12.3. The van der Waals surface area contributed by atoms with Crippen LogP contribution in [0.25, 0.3) is 0 Å². The van der Waals surface area contributed by atoms with Gasteiger partial charge in [0, 0.05) is 44.7 Å². The third kappa shape index (κ3) is 2.57. The van der Waals surface area contributed by atoms with Crippen LogP contribution in [0.1, 0.15) is 12.8 Å². The van der Waals surface area contributed by atoms with Crippen LogP contribution < -0.4 is 5.32 Å². The fraction of sp³-hybridized carbons (Fsp3) is 0.533. The van der Waals surface area contributed by atoms with Crippen LogP contribution in [0.15, 0.2) is 24.5 Å². The van der Waals surface area contributed by atoms with E-state index in [9.17, 15) is 9.59 Å². The molecule has 1 N–H and O–H groups in total. The van der Waals surface area contributed by atoms with E-state index >= 15 is 0 Å². The van der Waals surface area contributed by atoms with E-state index in [2.05, 4.69) is 10.3 Å². The highest BCUT2D eigenvalue weighted by molar-refractivity contribution is 5.95. The molecular weight excluding hydrogens is 268 g/mol. The van der Waals surface area contributed by atoms with Gasteiger partial charge in [0.2, 0.25) is 5.91 Å². The molecule has 0 radical (unpaired) electrons. The molecule has 21 heavy (non-hydrogen) atoms. The van der Waals surface area contributed by atoms with Crippen LogP contribution in [-0.4, -0.2) is 53.9 Å². The number of nitrogens with zero attached hydrogens (tertiary/aromatic N) is 3. The SMILES string of the molecule is CN(C)C(=O)N1CCC2(CC2C(=O)Nc2cccnc2)C1. The Balaban J connectivity index is 1.59. The molecule has 6 heteroatoms. The Morgan fingerprint density at radius 1 is 1.48 bits per heavy atom. The number of hydrogen-bond donors (Lipinski definition) is 1. The molecule has 1 aromatic heterocycles. The zero-order valence-corrected chi connectivity index (χ0v) is 12.4. The Kier molecular flexibility index (Phi) is 3.31. The predicted octanol–water partition coefficient (Wildman–Crippen LogP) is 1.41. The maximum Gasteiger partial charge on any atom is 0.319 e. The number of amides is 3. The number of rotatable bonds is 2. The molecule has 3 rings (SSSR count). The number of urea groups is 1. The molecule has 2 fully saturated rings. The first-order valence-electron chi connectivity index (χ1n) is 7.19. The van der Waals surface area contributed by atoms with E-state index in [-0.39, 0.29) is 23.3 Å². The highest BCUT2D eigenvalue weighted by Gasteiger charge is 2.61. The fourth-order valence-corrected chi connectivity index (χ4v) is 3.18. The number of anilines is 1. The van der Waals surface area contributed by atoms with Crippen molar-refractivity contribution < 1.29 is 9.59 Å². The molecule has 2 heterocycles. The second kappa shape index (κ2) is 5.02. The Hall–Kier alpha value is -2.11. The molecule has 2 atom stereocenters. The van der Waals surface area contributed by atoms with Crippen molar-refractivity contribution in [1.29, 1.82) is 0 Å². The third-order valence-electron chi connectivity index (χ3n) is 4.47. The number of pyridine rings is 1. The zero-order chi connectivity index (χ0) is 15.0. The van der Waals surface area contributed by atoms with E-state index in [1.807, 2.05) is 11.0 Å². The predicted molar refractivity (Wildman–Crippen MR) is 78.7 cm³/mol. The van der Waals surface area contributed by atoms with Gasteiger partial charge in [-0.15, -0.1) is 0 Å². The second-order valence-electron chi connectivity index (χ2n) is 6.20. The van der Waals surface area contributed by atoms with E-state index in [1.165, 1.54) is 0 Å². The van der Waals surface area contributed by atoms with Gasteiger partial charge in [-0.05, 0) is 25.0 Å². The molecule has 3 amide bonds. The average molecular weight is 288 g/mol. The average Bonchev–Trinajstić information content (AvgIpc) is 3.00. The summed E-state index contributed by atoms with van der Waals surface area (Å²) < 4.78 is 0. The van der Waals surface area contributed by atoms with Crippen molar-refractivity contribution in [2.24, 2.45) is 11.3 Å². The van der Waals surface area contributed by atoms with Gasteiger partial charge >= 0.3 is 6.03 Å². The van der Waals surface area contributed by atoms with E-state index in [0.717, 1.165) is 25.1 Å². The lowest BCUT2D eigenvalue weighted by Crippen LogP contribution is -2.38. The van der Waals surface area contributed by atoms with Crippen molar-refractivity contribution in [3.63, 3.8) is 0 Å². The van der Waals surface area contributed by atoms with Crippen molar-refractivity contribution in [2.45, 2.75) is 12.8 Å². The van der Waals surface area contributed by atoms with Gasteiger partial charge < -0.3 is 15.1 Å². The minimum Gasteiger partial charge on any atom is -0.331 e. The molecule has 6 nitrogen and oxygen atoms in total. The molecule has 0 aromatic carbocycles. The van der Waals surface area contributed by atoms with E-state index in [1.54, 1.807) is 37.5 Å². The molecule has 1 saturated carbocycles. The summed E-state index contributed by atoms with van der Waals surface area (Å²) in [5.74, 6) is 0.0554. The molecule has 1 aliphatic heterocycles. The van der Waals surface area contributed by atoms with E-state index < -0.39 is 0 Å². The van der Waals surface area contributed by atoms with Crippen molar-refractivity contribution in [2.75, 3.05) is 32.5 Å². The lowest BCUT2D eigenvalue weighted by atomic mass is 10.0. The van der Waals surface area contributed by atoms with Crippen LogP contribution in [0.3, 0.4) is 0 Å². The smallest absolute Gasteiger partial charge is 0.319 e. The molecule has 1 spiro atoms.